The smallest absolute Gasteiger partial charge is 0.237 e. The van der Waals surface area contributed by atoms with E-state index in [9.17, 15) is 4.79 Å². The van der Waals surface area contributed by atoms with E-state index in [1.54, 1.807) is 4.90 Å². The van der Waals surface area contributed by atoms with Crippen molar-refractivity contribution >= 4 is 23.2 Å². The van der Waals surface area contributed by atoms with Crippen molar-refractivity contribution in [2.24, 2.45) is 0 Å². The summed E-state index contributed by atoms with van der Waals surface area (Å²) >= 11 is 6.08. The first-order valence-corrected chi connectivity index (χ1v) is 6.32. The number of hydrogen-bond acceptors (Lipinski definition) is 2. The maximum absolute atomic E-state index is 12.5. The standard InChI is InChI=1S/C13H15ClN2O/c1-16-11-3-2-9(14)8-10(11)13(12(16)17)4-6-15-7-5-13/h2-3,8,15H,4-7H2,1H3. The first kappa shape index (κ1) is 11.1. The van der Waals surface area contributed by atoms with Gasteiger partial charge in [0.15, 0.2) is 0 Å². The van der Waals surface area contributed by atoms with Gasteiger partial charge in [0.25, 0.3) is 0 Å². The lowest BCUT2D eigenvalue weighted by Crippen LogP contribution is -2.46. The van der Waals surface area contributed by atoms with Crippen LogP contribution in [0.25, 0.3) is 0 Å². The van der Waals surface area contributed by atoms with E-state index in [4.69, 9.17) is 11.6 Å². The van der Waals surface area contributed by atoms with Crippen molar-refractivity contribution in [3.8, 4) is 0 Å². The number of carbonyl (C=O) groups is 1. The summed E-state index contributed by atoms with van der Waals surface area (Å²) in [5.74, 6) is 0.219. The summed E-state index contributed by atoms with van der Waals surface area (Å²) in [6, 6.07) is 5.76. The highest BCUT2D eigenvalue weighted by atomic mass is 35.5. The largest absolute Gasteiger partial charge is 0.317 e. The molecule has 1 spiro atoms. The van der Waals surface area contributed by atoms with E-state index in [0.29, 0.717) is 5.02 Å². The van der Waals surface area contributed by atoms with Crippen LogP contribution in [-0.4, -0.2) is 26.0 Å². The molecule has 0 unspecified atom stereocenters. The van der Waals surface area contributed by atoms with E-state index in [2.05, 4.69) is 5.32 Å². The van der Waals surface area contributed by atoms with Crippen LogP contribution in [0, 0.1) is 0 Å². The molecule has 0 aliphatic carbocycles. The van der Waals surface area contributed by atoms with E-state index < -0.39 is 0 Å². The van der Waals surface area contributed by atoms with Gasteiger partial charge in [-0.05, 0) is 49.7 Å². The predicted octanol–water partition coefficient (Wildman–Crippen LogP) is 1.94. The minimum absolute atomic E-state index is 0.219. The second kappa shape index (κ2) is 3.72. The van der Waals surface area contributed by atoms with E-state index in [-0.39, 0.29) is 11.3 Å². The summed E-state index contributed by atoms with van der Waals surface area (Å²) < 4.78 is 0. The van der Waals surface area contributed by atoms with Crippen LogP contribution >= 0.6 is 11.6 Å². The number of benzene rings is 1. The fourth-order valence-electron chi connectivity index (χ4n) is 3.07. The summed E-state index contributed by atoms with van der Waals surface area (Å²) in [6.45, 7) is 1.79. The zero-order valence-electron chi connectivity index (χ0n) is 9.79. The lowest BCUT2D eigenvalue weighted by atomic mass is 9.74. The van der Waals surface area contributed by atoms with Gasteiger partial charge in [-0.1, -0.05) is 11.6 Å². The fraction of sp³-hybridized carbons (Fsp3) is 0.462. The average Bonchev–Trinajstić information content (AvgIpc) is 2.54. The number of rotatable bonds is 0. The number of anilines is 1. The molecule has 0 atom stereocenters. The number of piperidine rings is 1. The number of nitrogens with zero attached hydrogens (tertiary/aromatic N) is 1. The van der Waals surface area contributed by atoms with Gasteiger partial charge >= 0.3 is 0 Å². The average molecular weight is 251 g/mol. The Kier molecular flexibility index (Phi) is 2.42. The van der Waals surface area contributed by atoms with Gasteiger partial charge in [0.05, 0.1) is 5.41 Å². The maximum Gasteiger partial charge on any atom is 0.237 e. The van der Waals surface area contributed by atoms with E-state index in [1.807, 2.05) is 25.2 Å². The van der Waals surface area contributed by atoms with Crippen molar-refractivity contribution in [2.75, 3.05) is 25.0 Å². The number of fused-ring (bicyclic) bond motifs is 2. The summed E-state index contributed by atoms with van der Waals surface area (Å²) in [6.07, 6.45) is 1.73. The molecule has 0 aromatic heterocycles. The van der Waals surface area contributed by atoms with Crippen molar-refractivity contribution in [1.82, 2.24) is 5.32 Å². The molecule has 1 fully saturated rings. The Hall–Kier alpha value is -1.06. The maximum atomic E-state index is 12.5. The molecule has 1 aromatic carbocycles. The van der Waals surface area contributed by atoms with Gasteiger partial charge in [-0.15, -0.1) is 0 Å². The van der Waals surface area contributed by atoms with Gasteiger partial charge in [0.2, 0.25) is 5.91 Å². The first-order valence-electron chi connectivity index (χ1n) is 5.94. The third-order valence-corrected chi connectivity index (χ3v) is 4.24. The van der Waals surface area contributed by atoms with Crippen LogP contribution in [0.2, 0.25) is 5.02 Å². The summed E-state index contributed by atoms with van der Waals surface area (Å²) in [5, 5.41) is 4.03. The number of amides is 1. The molecule has 0 bridgehead atoms. The molecule has 2 aliphatic heterocycles. The molecule has 0 saturated carbocycles. The highest BCUT2D eigenvalue weighted by molar-refractivity contribution is 6.31. The molecule has 2 aliphatic rings. The topological polar surface area (TPSA) is 32.3 Å². The van der Waals surface area contributed by atoms with Crippen molar-refractivity contribution in [3.63, 3.8) is 0 Å². The number of hydrogen-bond donors (Lipinski definition) is 1. The molecule has 17 heavy (non-hydrogen) atoms. The van der Waals surface area contributed by atoms with Crippen molar-refractivity contribution in [3.05, 3.63) is 28.8 Å². The van der Waals surface area contributed by atoms with Crippen LogP contribution in [0.3, 0.4) is 0 Å². The van der Waals surface area contributed by atoms with Gasteiger partial charge in [-0.25, -0.2) is 0 Å². The minimum atomic E-state index is -0.333. The highest BCUT2D eigenvalue weighted by Gasteiger charge is 2.49. The van der Waals surface area contributed by atoms with Gasteiger partial charge < -0.3 is 10.2 Å². The quantitative estimate of drug-likeness (QED) is 0.763. The molecule has 90 valence electrons. The molecule has 4 heteroatoms. The van der Waals surface area contributed by atoms with E-state index in [1.165, 1.54) is 0 Å². The zero-order chi connectivity index (χ0) is 12.0. The predicted molar refractivity (Wildman–Crippen MR) is 68.6 cm³/mol. The molecule has 2 heterocycles. The van der Waals surface area contributed by atoms with E-state index in [0.717, 1.165) is 37.2 Å². The highest BCUT2D eigenvalue weighted by Crippen LogP contribution is 2.47. The van der Waals surface area contributed by atoms with Crippen molar-refractivity contribution in [2.45, 2.75) is 18.3 Å². The Balaban J connectivity index is 2.18. The molecular weight excluding hydrogens is 236 g/mol. The minimum Gasteiger partial charge on any atom is -0.317 e. The van der Waals surface area contributed by atoms with Crippen LogP contribution in [0.5, 0.6) is 0 Å². The van der Waals surface area contributed by atoms with Crippen LogP contribution in [0.15, 0.2) is 18.2 Å². The number of carbonyl (C=O) groups excluding carboxylic acids is 1. The SMILES string of the molecule is CN1C(=O)C2(CCNCC2)c2cc(Cl)ccc21. The molecule has 1 N–H and O–H groups in total. The summed E-state index contributed by atoms with van der Waals surface area (Å²) in [5.41, 5.74) is 1.79. The molecule has 1 saturated heterocycles. The molecular formula is C13H15ClN2O. The van der Waals surface area contributed by atoms with Gasteiger partial charge in [-0.3, -0.25) is 4.79 Å². The Morgan fingerprint density at radius 2 is 2.06 bits per heavy atom. The monoisotopic (exact) mass is 250 g/mol. The first-order chi connectivity index (χ1) is 8.15. The Morgan fingerprint density at radius 3 is 2.76 bits per heavy atom. The third kappa shape index (κ3) is 1.42. The fourth-order valence-corrected chi connectivity index (χ4v) is 3.24. The van der Waals surface area contributed by atoms with Gasteiger partial charge in [0, 0.05) is 17.8 Å². The molecule has 1 amide bonds. The summed E-state index contributed by atoms with van der Waals surface area (Å²) in [7, 11) is 1.85. The molecule has 0 radical (unpaired) electrons. The third-order valence-electron chi connectivity index (χ3n) is 4.01. The number of nitrogens with one attached hydrogen (secondary N) is 1. The normalized spacial score (nSPS) is 22.0. The van der Waals surface area contributed by atoms with Crippen LogP contribution in [0.1, 0.15) is 18.4 Å². The number of halogens is 1. The van der Waals surface area contributed by atoms with Crippen molar-refractivity contribution < 1.29 is 4.79 Å². The molecule has 3 rings (SSSR count). The zero-order valence-corrected chi connectivity index (χ0v) is 10.5. The second-order valence-electron chi connectivity index (χ2n) is 4.86. The Labute approximate surface area is 106 Å². The van der Waals surface area contributed by atoms with Gasteiger partial charge in [-0.2, -0.15) is 0 Å². The van der Waals surface area contributed by atoms with Crippen molar-refractivity contribution in [1.29, 1.82) is 0 Å². The van der Waals surface area contributed by atoms with E-state index >= 15 is 0 Å². The van der Waals surface area contributed by atoms with Gasteiger partial charge in [0.1, 0.15) is 0 Å². The summed E-state index contributed by atoms with van der Waals surface area (Å²) in [4.78, 5) is 14.3. The van der Waals surface area contributed by atoms with Crippen LogP contribution in [0.4, 0.5) is 5.69 Å². The lowest BCUT2D eigenvalue weighted by Gasteiger charge is -2.32. The Bertz CT molecular complexity index is 480. The lowest BCUT2D eigenvalue weighted by molar-refractivity contribution is -0.123. The number of likely N-dealkylation sites (N-methyl/N-ethyl adjacent to an activating group) is 1. The molecule has 1 aromatic rings. The molecule has 3 nitrogen and oxygen atoms in total. The van der Waals surface area contributed by atoms with Crippen LogP contribution in [-0.2, 0) is 10.2 Å². The van der Waals surface area contributed by atoms with Crippen LogP contribution < -0.4 is 10.2 Å². The second-order valence-corrected chi connectivity index (χ2v) is 5.29. The Morgan fingerprint density at radius 1 is 1.35 bits per heavy atom.